The SMILES string of the molecule is COc1cccc(CNCc2cc(=O)oc3cc(C)c(C(C)C)cc23)c1. The van der Waals surface area contributed by atoms with Crippen LogP contribution in [0.15, 0.2) is 51.7 Å². The Kier molecular flexibility index (Phi) is 5.43. The molecule has 0 saturated carbocycles. The van der Waals surface area contributed by atoms with Crippen LogP contribution in [-0.2, 0) is 13.1 Å². The highest BCUT2D eigenvalue weighted by molar-refractivity contribution is 5.82. The lowest BCUT2D eigenvalue weighted by Crippen LogP contribution is -2.15. The van der Waals surface area contributed by atoms with Crippen LogP contribution in [0, 0.1) is 6.92 Å². The van der Waals surface area contributed by atoms with E-state index in [-0.39, 0.29) is 5.63 Å². The minimum absolute atomic E-state index is 0.313. The highest BCUT2D eigenvalue weighted by Crippen LogP contribution is 2.26. The van der Waals surface area contributed by atoms with Crippen molar-refractivity contribution < 1.29 is 9.15 Å². The lowest BCUT2D eigenvalue weighted by atomic mass is 9.95. The molecule has 1 aromatic heterocycles. The Morgan fingerprint density at radius 2 is 1.92 bits per heavy atom. The summed E-state index contributed by atoms with van der Waals surface area (Å²) in [5, 5.41) is 4.41. The van der Waals surface area contributed by atoms with Crippen molar-refractivity contribution in [1.82, 2.24) is 5.32 Å². The van der Waals surface area contributed by atoms with Crippen LogP contribution in [0.5, 0.6) is 5.75 Å². The first-order valence-corrected chi connectivity index (χ1v) is 8.89. The van der Waals surface area contributed by atoms with Crippen LogP contribution >= 0.6 is 0 Å². The first kappa shape index (κ1) is 18.2. The Hall–Kier alpha value is -2.59. The largest absolute Gasteiger partial charge is 0.497 e. The van der Waals surface area contributed by atoms with Gasteiger partial charge in [0, 0.05) is 24.5 Å². The van der Waals surface area contributed by atoms with E-state index in [4.69, 9.17) is 9.15 Å². The summed E-state index contributed by atoms with van der Waals surface area (Å²) in [6.07, 6.45) is 0. The highest BCUT2D eigenvalue weighted by Gasteiger charge is 2.11. The number of methoxy groups -OCH3 is 1. The molecule has 0 atom stereocenters. The molecular weight excluding hydrogens is 326 g/mol. The highest BCUT2D eigenvalue weighted by atomic mass is 16.5. The first-order chi connectivity index (χ1) is 12.5. The summed E-state index contributed by atoms with van der Waals surface area (Å²) in [6, 6.07) is 13.7. The summed E-state index contributed by atoms with van der Waals surface area (Å²) in [5.74, 6) is 1.26. The molecule has 3 aromatic rings. The monoisotopic (exact) mass is 351 g/mol. The number of ether oxygens (including phenoxy) is 1. The molecular formula is C22H25NO3. The molecule has 0 aliphatic heterocycles. The molecule has 26 heavy (non-hydrogen) atoms. The van der Waals surface area contributed by atoms with E-state index in [0.717, 1.165) is 27.8 Å². The Balaban J connectivity index is 1.86. The average Bonchev–Trinajstić information content (AvgIpc) is 2.60. The van der Waals surface area contributed by atoms with Gasteiger partial charge >= 0.3 is 5.63 Å². The van der Waals surface area contributed by atoms with Crippen LogP contribution in [0.3, 0.4) is 0 Å². The molecule has 2 aromatic carbocycles. The average molecular weight is 351 g/mol. The number of nitrogens with one attached hydrogen (secondary N) is 1. The van der Waals surface area contributed by atoms with Crippen molar-refractivity contribution in [1.29, 1.82) is 0 Å². The number of benzene rings is 2. The molecule has 0 saturated heterocycles. The molecule has 136 valence electrons. The third-order valence-electron chi connectivity index (χ3n) is 4.62. The third-order valence-corrected chi connectivity index (χ3v) is 4.62. The van der Waals surface area contributed by atoms with Crippen molar-refractivity contribution in [2.75, 3.05) is 7.11 Å². The molecule has 0 unspecified atom stereocenters. The maximum absolute atomic E-state index is 11.9. The number of aryl methyl sites for hydroxylation is 1. The summed E-state index contributed by atoms with van der Waals surface area (Å²) in [7, 11) is 1.66. The third kappa shape index (κ3) is 3.97. The topological polar surface area (TPSA) is 51.5 Å². The lowest BCUT2D eigenvalue weighted by molar-refractivity contribution is 0.414. The van der Waals surface area contributed by atoms with E-state index >= 15 is 0 Å². The van der Waals surface area contributed by atoms with Gasteiger partial charge in [0.15, 0.2) is 0 Å². The summed E-state index contributed by atoms with van der Waals surface area (Å²) in [5.41, 5.74) is 4.86. The molecule has 0 aliphatic carbocycles. The van der Waals surface area contributed by atoms with Crippen molar-refractivity contribution in [3.63, 3.8) is 0 Å². The van der Waals surface area contributed by atoms with Gasteiger partial charge in [0.25, 0.3) is 0 Å². The van der Waals surface area contributed by atoms with Crippen molar-refractivity contribution in [2.45, 2.75) is 39.8 Å². The summed E-state index contributed by atoms with van der Waals surface area (Å²) in [6.45, 7) is 7.70. The second-order valence-corrected chi connectivity index (χ2v) is 6.91. The number of hydrogen-bond acceptors (Lipinski definition) is 4. The van der Waals surface area contributed by atoms with E-state index in [2.05, 4.69) is 32.2 Å². The number of fused-ring (bicyclic) bond motifs is 1. The normalized spacial score (nSPS) is 11.3. The molecule has 0 amide bonds. The van der Waals surface area contributed by atoms with Gasteiger partial charge in [-0.1, -0.05) is 26.0 Å². The molecule has 0 radical (unpaired) electrons. The lowest BCUT2D eigenvalue weighted by Gasteiger charge is -2.13. The standard InChI is InChI=1S/C22H25NO3/c1-14(2)19-11-20-17(10-22(24)26-21(20)8-15(19)3)13-23-12-16-6-5-7-18(9-16)25-4/h5-11,14,23H,12-13H2,1-4H3. The summed E-state index contributed by atoms with van der Waals surface area (Å²) >= 11 is 0. The smallest absolute Gasteiger partial charge is 0.336 e. The van der Waals surface area contributed by atoms with E-state index in [1.807, 2.05) is 30.3 Å². The van der Waals surface area contributed by atoms with Crippen LogP contribution in [0.25, 0.3) is 11.0 Å². The van der Waals surface area contributed by atoms with E-state index in [0.29, 0.717) is 24.6 Å². The summed E-state index contributed by atoms with van der Waals surface area (Å²) in [4.78, 5) is 11.9. The molecule has 3 rings (SSSR count). The van der Waals surface area contributed by atoms with Crippen LogP contribution in [0.4, 0.5) is 0 Å². The Morgan fingerprint density at radius 1 is 1.12 bits per heavy atom. The molecule has 1 N–H and O–H groups in total. The van der Waals surface area contributed by atoms with Gasteiger partial charge in [-0.3, -0.25) is 0 Å². The summed E-state index contributed by atoms with van der Waals surface area (Å²) < 4.78 is 10.7. The van der Waals surface area contributed by atoms with Crippen LogP contribution in [-0.4, -0.2) is 7.11 Å². The van der Waals surface area contributed by atoms with Gasteiger partial charge in [-0.15, -0.1) is 0 Å². The molecule has 0 fully saturated rings. The number of hydrogen-bond donors (Lipinski definition) is 1. The molecule has 0 spiro atoms. The molecule has 0 aliphatic rings. The van der Waals surface area contributed by atoms with Gasteiger partial charge < -0.3 is 14.5 Å². The van der Waals surface area contributed by atoms with Crippen molar-refractivity contribution in [3.05, 3.63) is 75.1 Å². The van der Waals surface area contributed by atoms with Gasteiger partial charge in [0.05, 0.1) is 7.11 Å². The van der Waals surface area contributed by atoms with Crippen molar-refractivity contribution in [3.8, 4) is 5.75 Å². The minimum Gasteiger partial charge on any atom is -0.497 e. The molecule has 4 heteroatoms. The zero-order valence-electron chi connectivity index (χ0n) is 15.8. The molecule has 1 heterocycles. The fraction of sp³-hybridized carbons (Fsp3) is 0.318. The van der Waals surface area contributed by atoms with E-state index in [1.54, 1.807) is 13.2 Å². The van der Waals surface area contributed by atoms with Crippen molar-refractivity contribution in [2.24, 2.45) is 0 Å². The fourth-order valence-electron chi connectivity index (χ4n) is 3.28. The second-order valence-electron chi connectivity index (χ2n) is 6.91. The van der Waals surface area contributed by atoms with Crippen LogP contribution in [0.2, 0.25) is 0 Å². The van der Waals surface area contributed by atoms with E-state index in [1.165, 1.54) is 5.56 Å². The zero-order chi connectivity index (χ0) is 18.7. The fourth-order valence-corrected chi connectivity index (χ4v) is 3.28. The zero-order valence-corrected chi connectivity index (χ0v) is 15.8. The van der Waals surface area contributed by atoms with Gasteiger partial charge in [0.1, 0.15) is 11.3 Å². The minimum atomic E-state index is -0.313. The second kappa shape index (κ2) is 7.75. The molecule has 4 nitrogen and oxygen atoms in total. The molecule has 0 bridgehead atoms. The maximum atomic E-state index is 11.9. The first-order valence-electron chi connectivity index (χ1n) is 8.89. The van der Waals surface area contributed by atoms with Gasteiger partial charge in [-0.25, -0.2) is 4.79 Å². The quantitative estimate of drug-likeness (QED) is 0.663. The Labute approximate surface area is 153 Å². The number of rotatable bonds is 6. The van der Waals surface area contributed by atoms with Crippen molar-refractivity contribution >= 4 is 11.0 Å². The Bertz CT molecular complexity index is 973. The van der Waals surface area contributed by atoms with Gasteiger partial charge in [0.2, 0.25) is 0 Å². The van der Waals surface area contributed by atoms with Crippen LogP contribution in [0.1, 0.15) is 42.0 Å². The van der Waals surface area contributed by atoms with Gasteiger partial charge in [-0.2, -0.15) is 0 Å². The maximum Gasteiger partial charge on any atom is 0.336 e. The van der Waals surface area contributed by atoms with Gasteiger partial charge in [-0.05, 0) is 59.4 Å². The predicted octanol–water partition coefficient (Wildman–Crippen LogP) is 4.52. The van der Waals surface area contributed by atoms with E-state index in [9.17, 15) is 4.79 Å². The predicted molar refractivity (Wildman–Crippen MR) is 105 cm³/mol. The van der Waals surface area contributed by atoms with E-state index < -0.39 is 0 Å². The Morgan fingerprint density at radius 3 is 2.65 bits per heavy atom. The van der Waals surface area contributed by atoms with Crippen LogP contribution < -0.4 is 15.7 Å².